The molecule has 0 aromatic heterocycles. The van der Waals surface area contributed by atoms with Gasteiger partial charge in [-0.15, -0.1) is 0 Å². The second-order valence-corrected chi connectivity index (χ2v) is 5.72. The van der Waals surface area contributed by atoms with Crippen molar-refractivity contribution in [2.75, 3.05) is 5.32 Å². The average molecular weight is 347 g/mol. The Hall–Kier alpha value is -3.67. The summed E-state index contributed by atoms with van der Waals surface area (Å²) in [6.45, 7) is 1.44. The zero-order valence-corrected chi connectivity index (χ0v) is 14.1. The van der Waals surface area contributed by atoms with Gasteiger partial charge in [-0.1, -0.05) is 36.4 Å². The van der Waals surface area contributed by atoms with E-state index in [0.717, 1.165) is 16.3 Å². The van der Waals surface area contributed by atoms with Crippen LogP contribution in [0.3, 0.4) is 0 Å². The van der Waals surface area contributed by atoms with Gasteiger partial charge in [0.1, 0.15) is 5.75 Å². The number of carbonyl (C=O) groups excluding carboxylic acids is 2. The van der Waals surface area contributed by atoms with E-state index >= 15 is 0 Å². The maximum atomic E-state index is 12.2. The Bertz CT molecular complexity index is 995. The van der Waals surface area contributed by atoms with Crippen molar-refractivity contribution in [2.45, 2.75) is 6.92 Å². The molecule has 3 aromatic carbocycles. The number of rotatable bonds is 4. The molecule has 0 atom stereocenters. The lowest BCUT2D eigenvalue weighted by Crippen LogP contribution is -2.17. The molecule has 0 fully saturated rings. The van der Waals surface area contributed by atoms with E-state index in [2.05, 4.69) is 15.8 Å². The molecule has 6 heteroatoms. The van der Waals surface area contributed by atoms with Crippen LogP contribution in [0.5, 0.6) is 5.75 Å². The topological polar surface area (TPSA) is 90.8 Å². The summed E-state index contributed by atoms with van der Waals surface area (Å²) in [6.07, 6.45) is 1.48. The molecule has 0 heterocycles. The molecule has 6 nitrogen and oxygen atoms in total. The molecule has 0 aliphatic heterocycles. The van der Waals surface area contributed by atoms with Gasteiger partial charge in [-0.3, -0.25) is 9.59 Å². The van der Waals surface area contributed by atoms with Crippen LogP contribution in [0.1, 0.15) is 22.8 Å². The SMILES string of the molecule is CC(=O)Nc1ccc(C=NNC(=O)c2cc3ccccc3cc2O)cc1. The van der Waals surface area contributed by atoms with Gasteiger partial charge in [-0.05, 0) is 40.6 Å². The Balaban J connectivity index is 1.69. The number of carbonyl (C=O) groups is 2. The lowest BCUT2D eigenvalue weighted by Gasteiger charge is -2.06. The standard InChI is InChI=1S/C20H17N3O3/c1-13(24)22-17-8-6-14(7-9-17)12-21-23-20(26)18-10-15-4-2-3-5-16(15)11-19(18)25/h2-12,25H,1H3,(H,22,24)(H,23,26). The van der Waals surface area contributed by atoms with Crippen molar-refractivity contribution in [1.29, 1.82) is 0 Å². The van der Waals surface area contributed by atoms with E-state index in [4.69, 9.17) is 0 Å². The first kappa shape index (κ1) is 17.2. The van der Waals surface area contributed by atoms with Crippen molar-refractivity contribution in [1.82, 2.24) is 5.43 Å². The summed E-state index contributed by atoms with van der Waals surface area (Å²) in [5.41, 5.74) is 3.99. The smallest absolute Gasteiger partial charge is 0.275 e. The molecule has 2 amide bonds. The van der Waals surface area contributed by atoms with Crippen molar-refractivity contribution in [3.8, 4) is 5.75 Å². The first-order valence-electron chi connectivity index (χ1n) is 7.96. The van der Waals surface area contributed by atoms with Gasteiger partial charge in [-0.25, -0.2) is 5.43 Å². The van der Waals surface area contributed by atoms with Crippen LogP contribution in [0, 0.1) is 0 Å². The normalized spacial score (nSPS) is 10.8. The summed E-state index contributed by atoms with van der Waals surface area (Å²) in [6, 6.07) is 17.6. The second kappa shape index (κ2) is 7.48. The first-order chi connectivity index (χ1) is 12.5. The number of aromatic hydroxyl groups is 1. The summed E-state index contributed by atoms with van der Waals surface area (Å²) in [7, 11) is 0. The molecule has 130 valence electrons. The van der Waals surface area contributed by atoms with Crippen LogP contribution in [-0.2, 0) is 4.79 Å². The van der Waals surface area contributed by atoms with Gasteiger partial charge in [0.05, 0.1) is 11.8 Å². The Morgan fingerprint density at radius 1 is 1.00 bits per heavy atom. The summed E-state index contributed by atoms with van der Waals surface area (Å²) in [4.78, 5) is 23.2. The van der Waals surface area contributed by atoms with E-state index in [-0.39, 0.29) is 17.2 Å². The van der Waals surface area contributed by atoms with E-state index in [1.165, 1.54) is 13.1 Å². The molecule has 0 bridgehead atoms. The molecule has 0 spiro atoms. The van der Waals surface area contributed by atoms with Gasteiger partial charge in [0, 0.05) is 12.6 Å². The van der Waals surface area contributed by atoms with Gasteiger partial charge in [-0.2, -0.15) is 5.10 Å². The zero-order valence-electron chi connectivity index (χ0n) is 14.1. The molecule has 0 radical (unpaired) electrons. The highest BCUT2D eigenvalue weighted by Crippen LogP contribution is 2.24. The third-order valence-corrected chi connectivity index (χ3v) is 3.72. The van der Waals surface area contributed by atoms with E-state index in [1.54, 1.807) is 36.4 Å². The second-order valence-electron chi connectivity index (χ2n) is 5.72. The minimum Gasteiger partial charge on any atom is -0.507 e. The number of hydrazone groups is 1. The molecular weight excluding hydrogens is 330 g/mol. The van der Waals surface area contributed by atoms with E-state index in [1.807, 2.05) is 24.3 Å². The van der Waals surface area contributed by atoms with E-state index in [9.17, 15) is 14.7 Å². The highest BCUT2D eigenvalue weighted by molar-refractivity contribution is 6.01. The molecular formula is C20H17N3O3. The van der Waals surface area contributed by atoms with E-state index in [0.29, 0.717) is 5.69 Å². The van der Waals surface area contributed by atoms with E-state index < -0.39 is 5.91 Å². The first-order valence-corrected chi connectivity index (χ1v) is 7.96. The number of benzene rings is 3. The summed E-state index contributed by atoms with van der Waals surface area (Å²) >= 11 is 0. The quantitative estimate of drug-likeness (QED) is 0.500. The summed E-state index contributed by atoms with van der Waals surface area (Å²) in [5.74, 6) is -0.746. The molecule has 26 heavy (non-hydrogen) atoms. The molecule has 0 saturated heterocycles. The predicted octanol–water partition coefficient (Wildman–Crippen LogP) is 3.27. The number of anilines is 1. The van der Waals surface area contributed by atoms with Crippen LogP contribution in [-0.4, -0.2) is 23.1 Å². The minimum absolute atomic E-state index is 0.101. The van der Waals surface area contributed by atoms with Crippen molar-refractivity contribution >= 4 is 34.5 Å². The predicted molar refractivity (Wildman–Crippen MR) is 101 cm³/mol. The van der Waals surface area contributed by atoms with Crippen molar-refractivity contribution in [3.63, 3.8) is 0 Å². The average Bonchev–Trinajstić information content (AvgIpc) is 2.62. The number of nitrogens with zero attached hydrogens (tertiary/aromatic N) is 1. The van der Waals surface area contributed by atoms with Gasteiger partial charge in [0.25, 0.3) is 5.91 Å². The highest BCUT2D eigenvalue weighted by atomic mass is 16.3. The van der Waals surface area contributed by atoms with Crippen LogP contribution in [0.4, 0.5) is 5.69 Å². The third-order valence-electron chi connectivity index (χ3n) is 3.72. The number of hydrogen-bond donors (Lipinski definition) is 3. The Morgan fingerprint density at radius 2 is 1.65 bits per heavy atom. The van der Waals surface area contributed by atoms with Crippen LogP contribution in [0.15, 0.2) is 65.8 Å². The van der Waals surface area contributed by atoms with Crippen LogP contribution < -0.4 is 10.7 Å². The molecule has 0 aliphatic rings. The minimum atomic E-state index is -0.501. The third kappa shape index (κ3) is 4.05. The molecule has 0 aliphatic carbocycles. The zero-order chi connectivity index (χ0) is 18.5. The summed E-state index contributed by atoms with van der Waals surface area (Å²) < 4.78 is 0. The summed E-state index contributed by atoms with van der Waals surface area (Å²) in [5, 5.41) is 18.3. The fourth-order valence-corrected chi connectivity index (χ4v) is 2.49. The number of amides is 2. The largest absolute Gasteiger partial charge is 0.507 e. The number of nitrogens with one attached hydrogen (secondary N) is 2. The van der Waals surface area contributed by atoms with Gasteiger partial charge >= 0.3 is 0 Å². The lowest BCUT2D eigenvalue weighted by molar-refractivity contribution is -0.114. The van der Waals surface area contributed by atoms with Gasteiger partial charge in [0.2, 0.25) is 5.91 Å². The highest BCUT2D eigenvalue weighted by Gasteiger charge is 2.11. The molecule has 3 N–H and O–H groups in total. The molecule has 0 unspecified atom stereocenters. The van der Waals surface area contributed by atoms with Crippen LogP contribution >= 0.6 is 0 Å². The maximum absolute atomic E-state index is 12.2. The van der Waals surface area contributed by atoms with Crippen molar-refractivity contribution in [3.05, 3.63) is 71.8 Å². The van der Waals surface area contributed by atoms with Crippen molar-refractivity contribution in [2.24, 2.45) is 5.10 Å². The molecule has 0 saturated carbocycles. The Kier molecular flexibility index (Phi) is 4.94. The fraction of sp³-hybridized carbons (Fsp3) is 0.0500. The van der Waals surface area contributed by atoms with Crippen LogP contribution in [0.25, 0.3) is 10.8 Å². The lowest BCUT2D eigenvalue weighted by atomic mass is 10.1. The fourth-order valence-electron chi connectivity index (χ4n) is 2.49. The number of phenolic OH excluding ortho intramolecular Hbond substituents is 1. The van der Waals surface area contributed by atoms with Gasteiger partial charge in [0.15, 0.2) is 0 Å². The molecule has 3 rings (SSSR count). The molecule has 3 aromatic rings. The number of hydrogen-bond acceptors (Lipinski definition) is 4. The number of phenols is 1. The van der Waals surface area contributed by atoms with Crippen molar-refractivity contribution < 1.29 is 14.7 Å². The Morgan fingerprint density at radius 3 is 2.31 bits per heavy atom. The monoisotopic (exact) mass is 347 g/mol. The van der Waals surface area contributed by atoms with Gasteiger partial charge < -0.3 is 10.4 Å². The Labute approximate surface area is 150 Å². The maximum Gasteiger partial charge on any atom is 0.275 e. The van der Waals surface area contributed by atoms with Crippen LogP contribution in [0.2, 0.25) is 0 Å². The number of fused-ring (bicyclic) bond motifs is 1.